The van der Waals surface area contributed by atoms with Crippen LogP contribution in [0.2, 0.25) is 0 Å². The minimum atomic E-state index is -2.33. The molecule has 1 aliphatic heterocycles. The van der Waals surface area contributed by atoms with Gasteiger partial charge in [0, 0.05) is 13.0 Å². The van der Waals surface area contributed by atoms with E-state index in [1.54, 1.807) is 65.0 Å². The average Bonchev–Trinajstić information content (AvgIpc) is 3.62. The maximum absolute atomic E-state index is 15.1. The second-order valence-corrected chi connectivity index (χ2v) is 16.8. The first kappa shape index (κ1) is 48.7. The van der Waals surface area contributed by atoms with Gasteiger partial charge in [-0.2, -0.15) is 0 Å². The van der Waals surface area contributed by atoms with Crippen molar-refractivity contribution in [2.24, 2.45) is 17.6 Å². The number of likely N-dealkylation sites (tertiary alicyclic amines) is 1. The predicted octanol–water partition coefficient (Wildman–Crippen LogP) is 2.96. The summed E-state index contributed by atoms with van der Waals surface area (Å²) < 4.78 is 65.6. The topological polar surface area (TPSA) is 243 Å². The molecule has 2 fully saturated rings. The van der Waals surface area contributed by atoms with Crippen molar-refractivity contribution < 1.29 is 65.8 Å². The molecule has 2 aliphatic rings. The van der Waals surface area contributed by atoms with Crippen LogP contribution in [0.5, 0.6) is 0 Å². The number of carboxylic acid groups (broad SMARTS) is 1. The van der Waals surface area contributed by atoms with Crippen molar-refractivity contribution >= 4 is 47.2 Å². The number of nitrogens with one attached hydrogen (secondary N) is 4. The molecule has 62 heavy (non-hydrogen) atoms. The number of rotatable bonds is 17. The Morgan fingerprint density at radius 1 is 0.855 bits per heavy atom. The minimum Gasteiger partial charge on any atom is -0.477 e. The number of nitrogens with zero attached hydrogens (tertiary/aromatic N) is 1. The lowest BCUT2D eigenvalue weighted by Crippen LogP contribution is -2.58. The second-order valence-electron chi connectivity index (χ2n) is 16.8. The fourth-order valence-corrected chi connectivity index (χ4v) is 7.69. The molecule has 7 N–H and O–H groups in total. The Labute approximate surface area is 355 Å². The van der Waals surface area contributed by atoms with Gasteiger partial charge in [-0.05, 0) is 57.4 Å². The van der Waals surface area contributed by atoms with Gasteiger partial charge in [0.25, 0.3) is 11.8 Å². The quantitative estimate of drug-likeness (QED) is 0.0771. The summed E-state index contributed by atoms with van der Waals surface area (Å²) in [5.74, 6) is -20.3. The average molecular weight is 877 g/mol. The van der Waals surface area contributed by atoms with Crippen molar-refractivity contribution in [2.75, 3.05) is 13.1 Å². The summed E-state index contributed by atoms with van der Waals surface area (Å²) in [6.07, 6.45) is 1.52. The number of carbonyl (C=O) groups is 8. The molecule has 1 saturated carbocycles. The van der Waals surface area contributed by atoms with Crippen LogP contribution in [0.25, 0.3) is 0 Å². The van der Waals surface area contributed by atoms with Crippen molar-refractivity contribution in [1.29, 1.82) is 0 Å². The van der Waals surface area contributed by atoms with Crippen molar-refractivity contribution in [1.82, 2.24) is 26.2 Å². The molecule has 16 nitrogen and oxygen atoms in total. The number of amides is 6. The minimum absolute atomic E-state index is 0.0732. The number of Topliss-reactive ketones (excluding diaryl/α,β-unsaturated/α-hetero) is 1. The number of nitrogens with two attached hydrogens (primary N) is 1. The largest absolute Gasteiger partial charge is 0.477 e. The normalized spacial score (nSPS) is 18.3. The van der Waals surface area contributed by atoms with Gasteiger partial charge in [-0.1, -0.05) is 63.4 Å². The Morgan fingerprint density at radius 2 is 1.44 bits per heavy atom. The van der Waals surface area contributed by atoms with E-state index in [9.17, 15) is 47.1 Å². The lowest BCUT2D eigenvalue weighted by Gasteiger charge is -2.35. The van der Waals surface area contributed by atoms with Gasteiger partial charge in [-0.25, -0.2) is 22.4 Å². The lowest BCUT2D eigenvalue weighted by molar-refractivity contribution is -0.143. The molecule has 2 aromatic rings. The van der Waals surface area contributed by atoms with E-state index in [4.69, 9.17) is 15.6 Å². The molecule has 0 bridgehead atoms. The maximum atomic E-state index is 15.1. The number of primary amides is 1. The van der Waals surface area contributed by atoms with Gasteiger partial charge in [0.2, 0.25) is 29.4 Å². The fourth-order valence-electron chi connectivity index (χ4n) is 7.69. The Bertz CT molecular complexity index is 2030. The first-order chi connectivity index (χ1) is 29.0. The van der Waals surface area contributed by atoms with Crippen LogP contribution in [0, 0.1) is 35.1 Å². The van der Waals surface area contributed by atoms with E-state index < -0.39 is 130 Å². The molecular weight excluding hydrogens is 824 g/mol. The van der Waals surface area contributed by atoms with Gasteiger partial charge in [0.1, 0.15) is 29.3 Å². The summed E-state index contributed by atoms with van der Waals surface area (Å²) in [4.78, 5) is 106. The highest BCUT2D eigenvalue weighted by atomic mass is 19.2. The fraction of sp³-hybridized carbons (Fsp3) is 0.524. The van der Waals surface area contributed by atoms with Crippen molar-refractivity contribution in [3.05, 3.63) is 70.3 Å². The standard InChI is InChI=1S/C42H52F4N6O10/c1-20(2)16-24(35(54)39(58)48-18-26(53)50-33(36(47)55)21-12-8-6-9-13-21)49-37(56)25-17-23(62-42(3,4)5)19-52(25)40(59)34(22-14-10-7-11-15-22)51-38(57)27-29(43)31(45)28(41(60)61)32(46)30(27)44/h6,8-9,12-13,20,22-25,33-34H,7,10-11,14-19H2,1-5H3,(H2,47,55)(H,48,58)(H,49,56)(H,50,53)(H,51,57)(H,60,61). The van der Waals surface area contributed by atoms with Gasteiger partial charge < -0.3 is 41.7 Å². The number of hydrogen-bond acceptors (Lipinski definition) is 9. The molecule has 4 rings (SSSR count). The summed E-state index contributed by atoms with van der Waals surface area (Å²) in [5.41, 5.74) is 1.27. The SMILES string of the molecule is CC(C)CC(NC(=O)C1CC(OC(C)(C)C)CN1C(=O)C(NC(=O)c1c(F)c(F)c(C(=O)O)c(F)c1F)C1CCCCC1)C(=O)C(=O)NCC(=O)NC(C(N)=O)c1ccccc1. The third kappa shape index (κ3) is 12.1. The second kappa shape index (κ2) is 20.8. The zero-order valence-corrected chi connectivity index (χ0v) is 35.0. The number of aromatic carboxylic acids is 1. The molecule has 6 amide bonds. The lowest BCUT2D eigenvalue weighted by atomic mass is 9.83. The highest BCUT2D eigenvalue weighted by molar-refractivity contribution is 6.38. The van der Waals surface area contributed by atoms with Crippen LogP contribution in [-0.4, -0.2) is 100 Å². The van der Waals surface area contributed by atoms with E-state index >= 15 is 8.78 Å². The predicted molar refractivity (Wildman–Crippen MR) is 212 cm³/mol. The monoisotopic (exact) mass is 876 g/mol. The van der Waals surface area contributed by atoms with Crippen molar-refractivity contribution in [3.8, 4) is 0 Å². The van der Waals surface area contributed by atoms with E-state index in [0.29, 0.717) is 31.2 Å². The summed E-state index contributed by atoms with van der Waals surface area (Å²) >= 11 is 0. The van der Waals surface area contributed by atoms with Crippen LogP contribution >= 0.6 is 0 Å². The van der Waals surface area contributed by atoms with Crippen LogP contribution < -0.4 is 27.0 Å². The van der Waals surface area contributed by atoms with Crippen LogP contribution in [0.1, 0.15) is 112 Å². The van der Waals surface area contributed by atoms with Crippen LogP contribution in [0.4, 0.5) is 17.6 Å². The number of carboxylic acids is 1. The molecule has 5 unspecified atom stereocenters. The van der Waals surface area contributed by atoms with Crippen LogP contribution in [0.15, 0.2) is 30.3 Å². The van der Waals surface area contributed by atoms with E-state index in [2.05, 4.69) is 21.3 Å². The van der Waals surface area contributed by atoms with Gasteiger partial charge in [0.15, 0.2) is 23.3 Å². The summed E-state index contributed by atoms with van der Waals surface area (Å²) in [6, 6.07) is 2.29. The Hall–Kier alpha value is -5.92. The Balaban J connectivity index is 1.59. The third-order valence-electron chi connectivity index (χ3n) is 10.4. The Kier molecular flexibility index (Phi) is 16.3. The van der Waals surface area contributed by atoms with Gasteiger partial charge in [-0.15, -0.1) is 0 Å². The molecule has 1 aliphatic carbocycles. The maximum Gasteiger partial charge on any atom is 0.341 e. The van der Waals surface area contributed by atoms with Crippen LogP contribution in [-0.2, 0) is 33.5 Å². The summed E-state index contributed by atoms with van der Waals surface area (Å²) in [5, 5.41) is 18.4. The smallest absolute Gasteiger partial charge is 0.341 e. The highest BCUT2D eigenvalue weighted by Gasteiger charge is 2.47. The summed E-state index contributed by atoms with van der Waals surface area (Å²) in [7, 11) is 0. The molecule has 0 radical (unpaired) electrons. The molecule has 5 atom stereocenters. The zero-order valence-electron chi connectivity index (χ0n) is 35.0. The van der Waals surface area contributed by atoms with Crippen molar-refractivity contribution in [2.45, 2.75) is 115 Å². The number of ketones is 1. The zero-order chi connectivity index (χ0) is 46.2. The molecule has 2 aromatic carbocycles. The van der Waals surface area contributed by atoms with E-state index in [1.807, 2.05) is 0 Å². The molecule has 0 aromatic heterocycles. The van der Waals surface area contributed by atoms with E-state index in [-0.39, 0.29) is 25.3 Å². The van der Waals surface area contributed by atoms with E-state index in [0.717, 1.165) is 11.3 Å². The molecule has 20 heteroatoms. The number of halogens is 4. The van der Waals surface area contributed by atoms with Crippen molar-refractivity contribution in [3.63, 3.8) is 0 Å². The van der Waals surface area contributed by atoms with Gasteiger partial charge >= 0.3 is 5.97 Å². The number of ether oxygens (including phenoxy) is 1. The Morgan fingerprint density at radius 3 is 1.97 bits per heavy atom. The number of carbonyl (C=O) groups excluding carboxylic acids is 7. The number of benzene rings is 2. The molecule has 338 valence electrons. The molecule has 1 heterocycles. The first-order valence-electron chi connectivity index (χ1n) is 20.2. The highest BCUT2D eigenvalue weighted by Crippen LogP contribution is 2.32. The van der Waals surface area contributed by atoms with Gasteiger partial charge in [-0.3, -0.25) is 33.6 Å². The molecular formula is C42H52F4N6O10. The number of hydrogen-bond donors (Lipinski definition) is 6. The third-order valence-corrected chi connectivity index (χ3v) is 10.4. The van der Waals surface area contributed by atoms with Gasteiger partial charge in [0.05, 0.1) is 24.3 Å². The molecule has 1 saturated heterocycles. The molecule has 0 spiro atoms. The van der Waals surface area contributed by atoms with Crippen LogP contribution in [0.3, 0.4) is 0 Å². The van der Waals surface area contributed by atoms with E-state index in [1.165, 1.54) is 0 Å². The first-order valence-corrected chi connectivity index (χ1v) is 20.2. The summed E-state index contributed by atoms with van der Waals surface area (Å²) in [6.45, 7) is 7.59.